The van der Waals surface area contributed by atoms with Crippen molar-refractivity contribution in [1.82, 2.24) is 4.90 Å². The normalized spacial score (nSPS) is 10.5. The highest BCUT2D eigenvalue weighted by atomic mass is 32.1. The Bertz CT molecular complexity index is 357. The Balaban J connectivity index is 2.81. The van der Waals surface area contributed by atoms with Crippen molar-refractivity contribution in [2.75, 3.05) is 13.6 Å². The van der Waals surface area contributed by atoms with E-state index in [0.717, 1.165) is 4.90 Å². The summed E-state index contributed by atoms with van der Waals surface area (Å²) in [6, 6.07) is 6.61. The van der Waals surface area contributed by atoms with Crippen LogP contribution in [0.5, 0.6) is 0 Å². The predicted octanol–water partition coefficient (Wildman–Crippen LogP) is 2.31. The summed E-state index contributed by atoms with van der Waals surface area (Å²) in [4.78, 5) is 13.1. The number of hydrogen-bond acceptors (Lipinski definition) is 2. The monoisotopic (exact) mass is 231 g/mol. The molecule has 0 aromatic heterocycles. The highest BCUT2D eigenvalue weighted by molar-refractivity contribution is 7.80. The molecule has 0 spiro atoms. The van der Waals surface area contributed by atoms with Crippen LogP contribution < -0.4 is 0 Å². The molecule has 0 aliphatic heterocycles. The third kappa shape index (κ3) is 3.20. The van der Waals surface area contributed by atoms with Crippen LogP contribution >= 0.6 is 12.6 Å². The van der Waals surface area contributed by atoms with Gasteiger partial charge < -0.3 is 4.90 Å². The van der Waals surface area contributed by atoms with E-state index in [1.165, 1.54) is 7.05 Å². The lowest BCUT2D eigenvalue weighted by molar-refractivity contribution is 0.0617. The first-order chi connectivity index (χ1) is 7.02. The average Bonchev–Trinajstić information content (AvgIpc) is 2.16. The van der Waals surface area contributed by atoms with Crippen molar-refractivity contribution in [3.63, 3.8) is 0 Å². The van der Waals surface area contributed by atoms with Crippen molar-refractivity contribution >= 4 is 18.5 Å². The summed E-state index contributed by atoms with van der Waals surface area (Å²) < 4.78 is 24.1. The Morgan fingerprint density at radius 2 is 2.07 bits per heavy atom. The molecule has 0 aliphatic carbocycles. The highest BCUT2D eigenvalue weighted by Gasteiger charge is 2.17. The Hall–Kier alpha value is -1.10. The van der Waals surface area contributed by atoms with Crippen LogP contribution in [0.2, 0.25) is 0 Å². The van der Waals surface area contributed by atoms with Gasteiger partial charge in [-0.05, 0) is 12.1 Å². The molecule has 0 unspecified atom stereocenters. The van der Waals surface area contributed by atoms with Gasteiger partial charge in [-0.3, -0.25) is 4.79 Å². The molecule has 0 aliphatic rings. The maximum atomic E-state index is 12.0. The van der Waals surface area contributed by atoms with E-state index >= 15 is 0 Å². The number of benzene rings is 1. The molecule has 82 valence electrons. The summed E-state index contributed by atoms with van der Waals surface area (Å²) in [7, 11) is 1.34. The maximum Gasteiger partial charge on any atom is 0.255 e. The van der Waals surface area contributed by atoms with E-state index in [2.05, 4.69) is 12.6 Å². The highest BCUT2D eigenvalue weighted by Crippen LogP contribution is 2.15. The summed E-state index contributed by atoms with van der Waals surface area (Å²) in [6.45, 7) is -0.569. The maximum absolute atomic E-state index is 12.0. The minimum Gasteiger partial charge on any atom is -0.336 e. The first-order valence-corrected chi connectivity index (χ1v) is 4.78. The lowest BCUT2D eigenvalue weighted by atomic mass is 10.2. The molecule has 0 saturated carbocycles. The summed E-state index contributed by atoms with van der Waals surface area (Å²) in [5.41, 5.74) is 0.337. The Morgan fingerprint density at radius 1 is 1.47 bits per heavy atom. The molecule has 0 radical (unpaired) electrons. The van der Waals surface area contributed by atoms with Crippen molar-refractivity contribution in [2.24, 2.45) is 0 Å². The first kappa shape index (κ1) is 12.0. The summed E-state index contributed by atoms with van der Waals surface area (Å²) in [6.07, 6.45) is -2.52. The summed E-state index contributed by atoms with van der Waals surface area (Å²) in [5, 5.41) is 0. The van der Waals surface area contributed by atoms with Gasteiger partial charge in [0.2, 0.25) is 0 Å². The van der Waals surface area contributed by atoms with Gasteiger partial charge in [0.1, 0.15) is 0 Å². The molecule has 1 rings (SSSR count). The Kier molecular flexibility index (Phi) is 4.08. The zero-order chi connectivity index (χ0) is 11.4. The summed E-state index contributed by atoms with van der Waals surface area (Å²) in [5.74, 6) is -0.444. The largest absolute Gasteiger partial charge is 0.336 e. The second-order valence-corrected chi connectivity index (χ2v) is 3.58. The molecule has 0 N–H and O–H groups in total. The number of carbonyl (C=O) groups is 1. The molecule has 0 fully saturated rings. The van der Waals surface area contributed by atoms with Crippen LogP contribution in [0, 0.1) is 0 Å². The second-order valence-electron chi connectivity index (χ2n) is 3.09. The molecular formula is C10H11F2NOS. The lowest BCUT2D eigenvalue weighted by Crippen LogP contribution is -2.31. The van der Waals surface area contributed by atoms with Crippen LogP contribution in [0.15, 0.2) is 29.2 Å². The predicted molar refractivity (Wildman–Crippen MR) is 56.7 cm³/mol. The number of nitrogens with zero attached hydrogens (tertiary/aromatic N) is 1. The zero-order valence-electron chi connectivity index (χ0n) is 8.15. The van der Waals surface area contributed by atoms with Crippen molar-refractivity contribution in [3.05, 3.63) is 29.8 Å². The van der Waals surface area contributed by atoms with Crippen LogP contribution in [0.3, 0.4) is 0 Å². The minimum atomic E-state index is -2.52. The van der Waals surface area contributed by atoms with E-state index < -0.39 is 18.9 Å². The van der Waals surface area contributed by atoms with Gasteiger partial charge in [-0.15, -0.1) is 12.6 Å². The van der Waals surface area contributed by atoms with Crippen molar-refractivity contribution < 1.29 is 13.6 Å². The number of halogens is 2. The van der Waals surface area contributed by atoms with Gasteiger partial charge >= 0.3 is 0 Å². The molecular weight excluding hydrogens is 220 g/mol. The van der Waals surface area contributed by atoms with Gasteiger partial charge in [-0.1, -0.05) is 12.1 Å². The smallest absolute Gasteiger partial charge is 0.255 e. The third-order valence-corrected chi connectivity index (χ3v) is 2.28. The van der Waals surface area contributed by atoms with Crippen LogP contribution in [-0.2, 0) is 0 Å². The number of alkyl halides is 2. The van der Waals surface area contributed by atoms with Crippen molar-refractivity contribution in [2.45, 2.75) is 11.3 Å². The average molecular weight is 231 g/mol. The standard InChI is InChI=1S/C10H11F2NOS/c1-13(6-9(11)12)10(14)7-4-2-3-5-8(7)15/h2-5,9,15H,6H2,1H3. The van der Waals surface area contributed by atoms with Crippen LogP contribution in [0.25, 0.3) is 0 Å². The molecule has 0 saturated heterocycles. The molecule has 0 bridgehead atoms. The quantitative estimate of drug-likeness (QED) is 0.791. The van der Waals surface area contributed by atoms with Crippen LogP contribution in [-0.4, -0.2) is 30.8 Å². The fraction of sp³-hybridized carbons (Fsp3) is 0.300. The molecule has 1 aromatic carbocycles. The number of carbonyl (C=O) groups excluding carboxylic acids is 1. The van der Waals surface area contributed by atoms with Gasteiger partial charge in [0.25, 0.3) is 12.3 Å². The second kappa shape index (κ2) is 5.11. The molecule has 0 heterocycles. The SMILES string of the molecule is CN(CC(F)F)C(=O)c1ccccc1S. The minimum absolute atomic E-state index is 0.337. The molecule has 15 heavy (non-hydrogen) atoms. The number of amides is 1. The van der Waals surface area contributed by atoms with E-state index in [-0.39, 0.29) is 0 Å². The lowest BCUT2D eigenvalue weighted by Gasteiger charge is -2.17. The van der Waals surface area contributed by atoms with Gasteiger partial charge in [0, 0.05) is 11.9 Å². The van der Waals surface area contributed by atoms with E-state index in [4.69, 9.17) is 0 Å². The summed E-state index contributed by atoms with van der Waals surface area (Å²) >= 11 is 4.09. The number of thiol groups is 1. The fourth-order valence-corrected chi connectivity index (χ4v) is 1.41. The Labute approximate surface area is 92.3 Å². The zero-order valence-corrected chi connectivity index (χ0v) is 9.05. The first-order valence-electron chi connectivity index (χ1n) is 4.34. The van der Waals surface area contributed by atoms with Gasteiger partial charge in [0.05, 0.1) is 12.1 Å². The van der Waals surface area contributed by atoms with E-state index in [1.807, 2.05) is 0 Å². The van der Waals surface area contributed by atoms with E-state index in [9.17, 15) is 13.6 Å². The molecule has 5 heteroatoms. The van der Waals surface area contributed by atoms with Crippen LogP contribution in [0.1, 0.15) is 10.4 Å². The van der Waals surface area contributed by atoms with Crippen molar-refractivity contribution in [3.8, 4) is 0 Å². The Morgan fingerprint density at radius 3 is 2.60 bits per heavy atom. The van der Waals surface area contributed by atoms with Gasteiger partial charge in [-0.2, -0.15) is 0 Å². The third-order valence-electron chi connectivity index (χ3n) is 1.89. The topological polar surface area (TPSA) is 20.3 Å². The molecule has 2 nitrogen and oxygen atoms in total. The number of rotatable bonds is 3. The molecule has 1 aromatic rings. The van der Waals surface area contributed by atoms with Crippen molar-refractivity contribution in [1.29, 1.82) is 0 Å². The van der Waals surface area contributed by atoms with Gasteiger partial charge in [-0.25, -0.2) is 8.78 Å². The molecule has 0 atom stereocenters. The van der Waals surface area contributed by atoms with Crippen LogP contribution in [0.4, 0.5) is 8.78 Å². The molecule has 1 amide bonds. The fourth-order valence-electron chi connectivity index (χ4n) is 1.15. The van der Waals surface area contributed by atoms with E-state index in [0.29, 0.717) is 10.5 Å². The van der Waals surface area contributed by atoms with Gasteiger partial charge in [0.15, 0.2) is 0 Å². The van der Waals surface area contributed by atoms with E-state index in [1.54, 1.807) is 24.3 Å². The number of hydrogen-bond donors (Lipinski definition) is 1.